The molecular formula is C28H33ClF2N2O6S. The van der Waals surface area contributed by atoms with Crippen LogP contribution in [-0.2, 0) is 19.4 Å². The van der Waals surface area contributed by atoms with Crippen molar-refractivity contribution in [3.63, 3.8) is 0 Å². The second kappa shape index (κ2) is 11.3. The van der Waals surface area contributed by atoms with E-state index < -0.39 is 55.7 Å². The van der Waals surface area contributed by atoms with E-state index in [2.05, 4.69) is 10.6 Å². The smallest absolute Gasteiger partial charge is 0.255 e. The summed E-state index contributed by atoms with van der Waals surface area (Å²) >= 11 is 6.29. The van der Waals surface area contributed by atoms with Crippen LogP contribution >= 0.6 is 11.6 Å². The largest absolute Gasteiger partial charge is 0.389 e. The van der Waals surface area contributed by atoms with Crippen LogP contribution in [0.5, 0.6) is 0 Å². The highest BCUT2D eigenvalue weighted by Crippen LogP contribution is 2.53. The topological polar surface area (TPSA) is 122 Å². The highest BCUT2D eigenvalue weighted by Gasteiger charge is 2.56. The number of carbonyl (C=O) groups excluding carboxylic acids is 2. The third-order valence-electron chi connectivity index (χ3n) is 8.20. The van der Waals surface area contributed by atoms with Crippen molar-refractivity contribution in [3.05, 3.63) is 58.6 Å². The van der Waals surface area contributed by atoms with Gasteiger partial charge in [0, 0.05) is 31.0 Å². The number of anilines is 1. The number of rotatable bonds is 9. The Morgan fingerprint density at radius 3 is 2.35 bits per heavy atom. The van der Waals surface area contributed by atoms with E-state index in [0.29, 0.717) is 12.8 Å². The van der Waals surface area contributed by atoms with Crippen molar-refractivity contribution in [1.29, 1.82) is 0 Å². The first-order valence-electron chi connectivity index (χ1n) is 13.0. The van der Waals surface area contributed by atoms with Crippen LogP contribution in [0.1, 0.15) is 56.3 Å². The number of halogens is 3. The number of fused-ring (bicyclic) bond motifs is 2. The number of hydrogen-bond donors (Lipinski definition) is 3. The van der Waals surface area contributed by atoms with Crippen molar-refractivity contribution in [3.8, 4) is 0 Å². The van der Waals surface area contributed by atoms with Gasteiger partial charge >= 0.3 is 0 Å². The fraction of sp³-hybridized carbons (Fsp3) is 0.500. The predicted molar refractivity (Wildman–Crippen MR) is 146 cm³/mol. The zero-order valence-corrected chi connectivity index (χ0v) is 24.0. The molecule has 2 aromatic rings. The number of sulfone groups is 1. The number of hydrogen-bond acceptors (Lipinski definition) is 6. The molecule has 218 valence electrons. The van der Waals surface area contributed by atoms with Gasteiger partial charge in [0.1, 0.15) is 0 Å². The molecule has 2 saturated carbocycles. The van der Waals surface area contributed by atoms with Gasteiger partial charge in [-0.25, -0.2) is 17.2 Å². The fourth-order valence-electron chi connectivity index (χ4n) is 5.68. The standard InChI is InChI=1S/C28H33ClF2N2O6S/c1-27(2,39-3)15-32-25(34)14-28(36)17-5-6-18(28)12-20(11-17)40(37,38)24-10-16(4-8-21(24)29)26(35)33-19-7-9-22(30)23(31)13-19/h4,7-10,13,17-18,20,36H,5-6,11-12,14-15H2,1-3H3,(H,32,34)(H,33,35). The molecule has 2 atom stereocenters. The maximum Gasteiger partial charge on any atom is 0.255 e. The van der Waals surface area contributed by atoms with Crippen LogP contribution in [0.25, 0.3) is 0 Å². The molecule has 40 heavy (non-hydrogen) atoms. The van der Waals surface area contributed by atoms with E-state index in [4.69, 9.17) is 16.3 Å². The SMILES string of the molecule is COC(C)(C)CNC(=O)CC1(O)C2CCC1CC(S(=O)(=O)c1cc(C(=O)Nc3ccc(F)c(F)c3)ccc1Cl)C2. The number of methoxy groups -OCH3 is 1. The molecular weight excluding hydrogens is 566 g/mol. The summed E-state index contributed by atoms with van der Waals surface area (Å²) in [5, 5.41) is 15.8. The van der Waals surface area contributed by atoms with E-state index in [0.717, 1.165) is 12.1 Å². The van der Waals surface area contributed by atoms with Gasteiger partial charge in [0.15, 0.2) is 21.5 Å². The first kappa shape index (κ1) is 30.4. The van der Waals surface area contributed by atoms with Crippen LogP contribution in [-0.4, -0.2) is 55.4 Å². The third kappa shape index (κ3) is 6.17. The lowest BCUT2D eigenvalue weighted by Crippen LogP contribution is -2.51. The summed E-state index contributed by atoms with van der Waals surface area (Å²) < 4.78 is 59.5. The summed E-state index contributed by atoms with van der Waals surface area (Å²) in [6, 6.07) is 6.67. The first-order chi connectivity index (χ1) is 18.7. The molecule has 2 fully saturated rings. The van der Waals surface area contributed by atoms with Crippen molar-refractivity contribution in [2.24, 2.45) is 11.8 Å². The molecule has 2 aliphatic rings. The van der Waals surface area contributed by atoms with Crippen molar-refractivity contribution in [2.45, 2.75) is 67.3 Å². The Labute approximate surface area is 237 Å². The number of nitrogens with one attached hydrogen (secondary N) is 2. The van der Waals surface area contributed by atoms with Gasteiger partial charge in [-0.15, -0.1) is 0 Å². The molecule has 2 amide bonds. The molecule has 0 aliphatic heterocycles. The van der Waals surface area contributed by atoms with Gasteiger partial charge in [-0.2, -0.15) is 0 Å². The average molecular weight is 599 g/mol. The molecule has 12 heteroatoms. The Kier molecular flexibility index (Phi) is 8.61. The number of amides is 2. The lowest BCUT2D eigenvalue weighted by molar-refractivity contribution is -0.133. The maximum absolute atomic E-state index is 13.7. The minimum absolute atomic E-state index is 0.00113. The van der Waals surface area contributed by atoms with Gasteiger partial charge in [0.05, 0.1) is 32.8 Å². The van der Waals surface area contributed by atoms with Crippen LogP contribution in [0.4, 0.5) is 14.5 Å². The maximum atomic E-state index is 13.7. The summed E-state index contributed by atoms with van der Waals surface area (Å²) in [4.78, 5) is 25.2. The van der Waals surface area contributed by atoms with Crippen LogP contribution in [0.2, 0.25) is 5.02 Å². The Balaban J connectivity index is 1.49. The Morgan fingerprint density at radius 2 is 1.75 bits per heavy atom. The van der Waals surface area contributed by atoms with Crippen molar-refractivity contribution >= 4 is 38.9 Å². The first-order valence-corrected chi connectivity index (χ1v) is 14.9. The molecule has 8 nitrogen and oxygen atoms in total. The summed E-state index contributed by atoms with van der Waals surface area (Å²) in [5.74, 6) is -4.05. The van der Waals surface area contributed by atoms with Crippen molar-refractivity contribution in [2.75, 3.05) is 19.0 Å². The number of benzene rings is 2. The molecule has 2 aromatic carbocycles. The van der Waals surface area contributed by atoms with Gasteiger partial charge in [-0.3, -0.25) is 9.59 Å². The Bertz CT molecular complexity index is 1400. The van der Waals surface area contributed by atoms with Crippen LogP contribution < -0.4 is 10.6 Å². The molecule has 0 spiro atoms. The minimum atomic E-state index is -4.02. The quantitative estimate of drug-likeness (QED) is 0.391. The second-order valence-electron chi connectivity index (χ2n) is 11.2. The minimum Gasteiger partial charge on any atom is -0.389 e. The molecule has 2 bridgehead atoms. The zero-order valence-electron chi connectivity index (χ0n) is 22.5. The van der Waals surface area contributed by atoms with Crippen LogP contribution in [0.3, 0.4) is 0 Å². The van der Waals surface area contributed by atoms with Crippen LogP contribution in [0, 0.1) is 23.5 Å². The van der Waals surface area contributed by atoms with E-state index in [-0.39, 0.29) is 52.9 Å². The highest BCUT2D eigenvalue weighted by molar-refractivity contribution is 7.92. The van der Waals surface area contributed by atoms with Gasteiger partial charge in [-0.05, 0) is 81.7 Å². The summed E-state index contributed by atoms with van der Waals surface area (Å²) in [6.07, 6.45) is 1.35. The van der Waals surface area contributed by atoms with E-state index in [9.17, 15) is 31.9 Å². The van der Waals surface area contributed by atoms with Crippen LogP contribution in [0.15, 0.2) is 41.3 Å². The molecule has 0 heterocycles. The third-order valence-corrected chi connectivity index (χ3v) is 10.9. The summed E-state index contributed by atoms with van der Waals surface area (Å²) in [7, 11) is -2.48. The molecule has 2 aliphatic carbocycles. The highest BCUT2D eigenvalue weighted by atomic mass is 35.5. The van der Waals surface area contributed by atoms with Gasteiger partial charge in [0.2, 0.25) is 5.91 Å². The lowest BCUT2D eigenvalue weighted by Gasteiger charge is -2.42. The molecule has 0 radical (unpaired) electrons. The molecule has 2 unspecified atom stereocenters. The molecule has 3 N–H and O–H groups in total. The molecule has 0 aromatic heterocycles. The van der Waals surface area contributed by atoms with E-state index in [1.807, 2.05) is 13.8 Å². The normalized spacial score (nSPS) is 24.5. The van der Waals surface area contributed by atoms with E-state index >= 15 is 0 Å². The van der Waals surface area contributed by atoms with Gasteiger partial charge in [0.25, 0.3) is 5.91 Å². The number of carbonyl (C=O) groups is 2. The molecule has 0 saturated heterocycles. The lowest BCUT2D eigenvalue weighted by atomic mass is 9.72. The Hall–Kier alpha value is -2.60. The van der Waals surface area contributed by atoms with Crippen molar-refractivity contribution < 1.29 is 36.6 Å². The fourth-order valence-corrected chi connectivity index (χ4v) is 8.08. The number of ether oxygens (including phenoxy) is 1. The van der Waals surface area contributed by atoms with E-state index in [1.54, 1.807) is 7.11 Å². The van der Waals surface area contributed by atoms with E-state index in [1.165, 1.54) is 24.3 Å². The average Bonchev–Trinajstić information content (AvgIpc) is 3.05. The zero-order chi connectivity index (χ0) is 29.5. The predicted octanol–water partition coefficient (Wildman–Crippen LogP) is 4.50. The Morgan fingerprint density at radius 1 is 1.10 bits per heavy atom. The van der Waals surface area contributed by atoms with Gasteiger partial charge < -0.3 is 20.5 Å². The summed E-state index contributed by atoms with van der Waals surface area (Å²) in [6.45, 7) is 3.92. The molecule has 4 rings (SSSR count). The van der Waals surface area contributed by atoms with Gasteiger partial charge in [-0.1, -0.05) is 11.6 Å². The van der Waals surface area contributed by atoms with Crippen molar-refractivity contribution in [1.82, 2.24) is 5.32 Å². The monoisotopic (exact) mass is 598 g/mol. The summed E-state index contributed by atoms with van der Waals surface area (Å²) in [5.41, 5.74) is -1.91. The second-order valence-corrected chi connectivity index (χ2v) is 13.9. The number of aliphatic hydroxyl groups is 1.